The molecule has 3 saturated heterocycles. The molecule has 0 amide bonds. The van der Waals surface area contributed by atoms with Crippen LogP contribution < -0.4 is 0 Å². The zero-order valence-electron chi connectivity index (χ0n) is 14.2. The van der Waals surface area contributed by atoms with Crippen LogP contribution in [0.1, 0.15) is 32.6 Å². The van der Waals surface area contributed by atoms with Crippen LogP contribution in [0.15, 0.2) is 12.2 Å². The van der Waals surface area contributed by atoms with Gasteiger partial charge in [0.25, 0.3) is 0 Å². The van der Waals surface area contributed by atoms with Crippen LogP contribution in [-0.2, 0) is 0 Å². The monoisotopic (exact) mass is 329 g/mol. The number of piperidine rings is 2. The molecule has 6 aliphatic carbocycles. The third-order valence-electron chi connectivity index (χ3n) is 10.2. The Balaban J connectivity index is 1.55. The Hall–Kier alpha value is -0.420. The molecule has 2 spiro atoms. The smallest absolute Gasteiger partial charge is 0.0764 e. The number of nitrogens with zero attached hydrogens (tertiary/aromatic N) is 1. The van der Waals surface area contributed by atoms with E-state index < -0.39 is 0 Å². The van der Waals surface area contributed by atoms with Crippen LogP contribution in [0.2, 0.25) is 0 Å². The fourth-order valence-corrected chi connectivity index (χ4v) is 10.6. The maximum atomic E-state index is 11.6. The Kier molecular flexibility index (Phi) is 1.95. The molecule has 6 saturated carbocycles. The van der Waals surface area contributed by atoms with Crippen molar-refractivity contribution in [3.63, 3.8) is 0 Å². The van der Waals surface area contributed by atoms with Gasteiger partial charge in [-0.25, -0.2) is 0 Å². The number of rotatable bonds is 0. The number of fused-ring (bicyclic) bond motifs is 1. The third kappa shape index (κ3) is 0.960. The maximum Gasteiger partial charge on any atom is 0.0764 e. The predicted octanol–water partition coefficient (Wildman–Crippen LogP) is 0.764. The second-order valence-corrected chi connectivity index (χ2v) is 10.7. The summed E-state index contributed by atoms with van der Waals surface area (Å²) in [4.78, 5) is 2.65. The lowest BCUT2D eigenvalue weighted by molar-refractivity contribution is -0.231. The van der Waals surface area contributed by atoms with E-state index in [0.29, 0.717) is 17.9 Å². The van der Waals surface area contributed by atoms with E-state index in [1.165, 1.54) is 5.57 Å². The zero-order chi connectivity index (χ0) is 16.4. The van der Waals surface area contributed by atoms with E-state index in [0.717, 1.165) is 32.2 Å². The topological polar surface area (TPSA) is 63.9 Å². The Morgan fingerprint density at radius 2 is 1.92 bits per heavy atom. The summed E-state index contributed by atoms with van der Waals surface area (Å²) < 4.78 is 0. The standard InChI is InChI=1S/C20H27NO3/c1-8-4-19-11-3-10(8)13(23)15(19)20-6-9(22)5-18(2)7-21(16(11)20)12(14(18)20)17(19)24/h9-17,22-24H,1,3-7H2,2H3. The first-order chi connectivity index (χ1) is 11.4. The average Bonchev–Trinajstić information content (AvgIpc) is 2.95. The summed E-state index contributed by atoms with van der Waals surface area (Å²) >= 11 is 0. The molecule has 24 heavy (non-hydrogen) atoms. The Bertz CT molecular complexity index is 709. The second-order valence-electron chi connectivity index (χ2n) is 10.7. The van der Waals surface area contributed by atoms with Crippen molar-refractivity contribution >= 4 is 0 Å². The maximum absolute atomic E-state index is 11.6. The molecule has 0 aromatic heterocycles. The minimum absolute atomic E-state index is 0.0358. The van der Waals surface area contributed by atoms with Gasteiger partial charge in [-0.3, -0.25) is 4.90 Å². The molecular weight excluding hydrogens is 302 g/mol. The summed E-state index contributed by atoms with van der Waals surface area (Å²) in [6.07, 6.45) is 2.69. The van der Waals surface area contributed by atoms with Crippen LogP contribution in [0.5, 0.6) is 0 Å². The van der Waals surface area contributed by atoms with Gasteiger partial charge in [-0.15, -0.1) is 0 Å². The zero-order valence-corrected chi connectivity index (χ0v) is 14.2. The van der Waals surface area contributed by atoms with Crippen LogP contribution in [0.25, 0.3) is 0 Å². The average molecular weight is 329 g/mol. The van der Waals surface area contributed by atoms with E-state index in [4.69, 9.17) is 0 Å². The molecule has 9 fully saturated rings. The van der Waals surface area contributed by atoms with E-state index in [9.17, 15) is 15.3 Å². The summed E-state index contributed by atoms with van der Waals surface area (Å²) in [7, 11) is 0. The lowest BCUT2D eigenvalue weighted by Crippen LogP contribution is -2.70. The molecule has 0 aromatic rings. The number of hydrogen-bond donors (Lipinski definition) is 3. The summed E-state index contributed by atoms with van der Waals surface area (Å²) in [6, 6.07) is 0.742. The molecule has 4 nitrogen and oxygen atoms in total. The third-order valence-corrected chi connectivity index (χ3v) is 10.2. The molecule has 13 atom stereocenters. The van der Waals surface area contributed by atoms with Gasteiger partial charge in [0.15, 0.2) is 0 Å². The number of hydrogen-bond acceptors (Lipinski definition) is 4. The first kappa shape index (κ1) is 13.7. The van der Waals surface area contributed by atoms with Crippen molar-refractivity contribution in [1.29, 1.82) is 0 Å². The highest BCUT2D eigenvalue weighted by Gasteiger charge is 2.91. The largest absolute Gasteiger partial charge is 0.393 e. The van der Waals surface area contributed by atoms with Crippen molar-refractivity contribution < 1.29 is 15.3 Å². The van der Waals surface area contributed by atoms with Gasteiger partial charge in [0, 0.05) is 35.9 Å². The fourth-order valence-electron chi connectivity index (χ4n) is 10.6. The highest BCUT2D eigenvalue weighted by molar-refractivity contribution is 5.43. The molecule has 0 radical (unpaired) electrons. The van der Waals surface area contributed by atoms with Gasteiger partial charge in [-0.05, 0) is 48.3 Å². The molecular formula is C20H27NO3. The van der Waals surface area contributed by atoms with Crippen molar-refractivity contribution in [3.05, 3.63) is 12.2 Å². The van der Waals surface area contributed by atoms with Gasteiger partial charge in [-0.2, -0.15) is 0 Å². The molecule has 3 aliphatic heterocycles. The van der Waals surface area contributed by atoms with Crippen molar-refractivity contribution in [2.45, 2.75) is 63.0 Å². The van der Waals surface area contributed by atoms with E-state index in [1.807, 2.05) is 0 Å². The van der Waals surface area contributed by atoms with Crippen molar-refractivity contribution in [2.24, 2.45) is 39.9 Å². The van der Waals surface area contributed by atoms with Crippen LogP contribution >= 0.6 is 0 Å². The van der Waals surface area contributed by atoms with E-state index in [1.54, 1.807) is 0 Å². The van der Waals surface area contributed by atoms with Gasteiger partial charge in [0.1, 0.15) is 0 Å². The van der Waals surface area contributed by atoms with Gasteiger partial charge in [0.2, 0.25) is 0 Å². The number of aliphatic hydroxyl groups excluding tert-OH is 3. The van der Waals surface area contributed by atoms with Crippen molar-refractivity contribution in [3.8, 4) is 0 Å². The minimum Gasteiger partial charge on any atom is -0.393 e. The van der Waals surface area contributed by atoms with Gasteiger partial charge in [-0.1, -0.05) is 19.1 Å². The van der Waals surface area contributed by atoms with E-state index in [2.05, 4.69) is 18.4 Å². The first-order valence-electron chi connectivity index (χ1n) is 9.84. The summed E-state index contributed by atoms with van der Waals surface area (Å²) in [5.74, 6) is 1.33. The van der Waals surface area contributed by atoms with Crippen molar-refractivity contribution in [1.82, 2.24) is 4.90 Å². The molecule has 13 unspecified atom stereocenters. The van der Waals surface area contributed by atoms with Crippen LogP contribution in [0.4, 0.5) is 0 Å². The molecule has 3 heterocycles. The van der Waals surface area contributed by atoms with Crippen LogP contribution in [-0.4, -0.2) is 57.2 Å². The molecule has 9 rings (SSSR count). The molecule has 9 bridgehead atoms. The van der Waals surface area contributed by atoms with E-state index >= 15 is 0 Å². The van der Waals surface area contributed by atoms with Gasteiger partial charge >= 0.3 is 0 Å². The SMILES string of the molecule is C=C1CC23C(O)C4C5C6(C)CC(O)CC57C(C2CC1C(O)C37)N4C6. The molecule has 9 aliphatic rings. The lowest BCUT2D eigenvalue weighted by Gasteiger charge is -2.66. The van der Waals surface area contributed by atoms with Gasteiger partial charge in [0.05, 0.1) is 18.3 Å². The molecule has 4 heteroatoms. The predicted molar refractivity (Wildman–Crippen MR) is 86.8 cm³/mol. The quantitative estimate of drug-likeness (QED) is 0.574. The van der Waals surface area contributed by atoms with Crippen LogP contribution in [0.3, 0.4) is 0 Å². The summed E-state index contributed by atoms with van der Waals surface area (Å²) in [5, 5.41) is 33.7. The number of aliphatic hydroxyl groups is 3. The lowest BCUT2D eigenvalue weighted by atomic mass is 9.39. The molecule has 130 valence electrons. The Labute approximate surface area is 142 Å². The second kappa shape index (κ2) is 3.40. The summed E-state index contributed by atoms with van der Waals surface area (Å²) in [5.41, 5.74) is 1.16. The van der Waals surface area contributed by atoms with Crippen LogP contribution in [0, 0.1) is 39.9 Å². The highest BCUT2D eigenvalue weighted by Crippen LogP contribution is 2.86. The Morgan fingerprint density at radius 3 is 2.71 bits per heavy atom. The minimum atomic E-state index is -0.363. The Morgan fingerprint density at radius 1 is 1.12 bits per heavy atom. The fraction of sp³-hybridized carbons (Fsp3) is 0.900. The molecule has 3 N–H and O–H groups in total. The van der Waals surface area contributed by atoms with E-state index in [-0.39, 0.29) is 52.4 Å². The highest BCUT2D eigenvalue weighted by atomic mass is 16.3. The van der Waals surface area contributed by atoms with Gasteiger partial charge < -0.3 is 15.3 Å². The van der Waals surface area contributed by atoms with Crippen molar-refractivity contribution in [2.75, 3.05) is 6.54 Å². The normalized spacial score (nSPS) is 76.1. The first-order valence-corrected chi connectivity index (χ1v) is 9.84. The summed E-state index contributed by atoms with van der Waals surface area (Å²) in [6.45, 7) is 7.65. The molecule has 0 aromatic carbocycles.